The highest BCUT2D eigenvalue weighted by Gasteiger charge is 2.38. The summed E-state index contributed by atoms with van der Waals surface area (Å²) in [4.78, 5) is 27.7. The summed E-state index contributed by atoms with van der Waals surface area (Å²) in [6.07, 6.45) is 0.604. The van der Waals surface area contributed by atoms with Gasteiger partial charge in [0.1, 0.15) is 5.69 Å². The van der Waals surface area contributed by atoms with Crippen molar-refractivity contribution in [2.75, 3.05) is 11.4 Å². The smallest absolute Gasteiger partial charge is 0.411 e. The van der Waals surface area contributed by atoms with Gasteiger partial charge in [0, 0.05) is 30.6 Å². The Hall–Kier alpha value is -1.91. The van der Waals surface area contributed by atoms with Crippen molar-refractivity contribution in [1.29, 1.82) is 0 Å². The summed E-state index contributed by atoms with van der Waals surface area (Å²) in [6, 6.07) is 1.56. The zero-order valence-corrected chi connectivity index (χ0v) is 10.0. The number of hydrogen-bond acceptors (Lipinski definition) is 3. The van der Waals surface area contributed by atoms with E-state index < -0.39 is 6.09 Å². The second kappa shape index (κ2) is 3.55. The highest BCUT2D eigenvalue weighted by Crippen LogP contribution is 2.40. The number of hydrogen-bond donors (Lipinski definition) is 1. The van der Waals surface area contributed by atoms with Crippen molar-refractivity contribution in [3.63, 3.8) is 0 Å². The van der Waals surface area contributed by atoms with Gasteiger partial charge in [0.15, 0.2) is 5.78 Å². The molecule has 17 heavy (non-hydrogen) atoms. The third kappa shape index (κ3) is 1.77. The minimum absolute atomic E-state index is 0.164. The van der Waals surface area contributed by atoms with Crippen LogP contribution in [0.1, 0.15) is 36.8 Å². The van der Waals surface area contributed by atoms with E-state index >= 15 is 0 Å². The largest absolute Gasteiger partial charge is 0.465 e. The maximum Gasteiger partial charge on any atom is 0.411 e. The van der Waals surface area contributed by atoms with Crippen LogP contribution in [0.15, 0.2) is 12.3 Å². The minimum Gasteiger partial charge on any atom is -0.465 e. The summed E-state index contributed by atoms with van der Waals surface area (Å²) < 4.78 is 0. The lowest BCUT2D eigenvalue weighted by Crippen LogP contribution is -2.32. The Labute approximate surface area is 99.1 Å². The van der Waals surface area contributed by atoms with Gasteiger partial charge in [-0.2, -0.15) is 0 Å². The van der Waals surface area contributed by atoms with Crippen LogP contribution in [0.2, 0.25) is 0 Å². The highest BCUT2D eigenvalue weighted by molar-refractivity contribution is 5.96. The zero-order valence-electron chi connectivity index (χ0n) is 10.0. The van der Waals surface area contributed by atoms with Crippen LogP contribution >= 0.6 is 0 Å². The predicted molar refractivity (Wildman–Crippen MR) is 62.6 cm³/mol. The van der Waals surface area contributed by atoms with Gasteiger partial charge in [-0.1, -0.05) is 13.8 Å². The minimum atomic E-state index is -1.00. The number of aromatic nitrogens is 1. The fourth-order valence-electron chi connectivity index (χ4n) is 2.12. The van der Waals surface area contributed by atoms with Crippen LogP contribution in [0.4, 0.5) is 10.5 Å². The number of carboxylic acid groups (broad SMARTS) is 1. The van der Waals surface area contributed by atoms with Crippen molar-refractivity contribution in [2.45, 2.75) is 26.2 Å². The lowest BCUT2D eigenvalue weighted by Gasteiger charge is -2.18. The summed E-state index contributed by atoms with van der Waals surface area (Å²) in [5, 5.41) is 9.14. The Balaban J connectivity index is 2.58. The lowest BCUT2D eigenvalue weighted by molar-refractivity contribution is 0.101. The monoisotopic (exact) mass is 234 g/mol. The molecule has 0 spiro atoms. The van der Waals surface area contributed by atoms with Gasteiger partial charge < -0.3 is 5.11 Å². The van der Waals surface area contributed by atoms with Crippen LogP contribution in [0, 0.1) is 0 Å². The van der Waals surface area contributed by atoms with E-state index in [2.05, 4.69) is 4.98 Å². The highest BCUT2D eigenvalue weighted by atomic mass is 16.4. The molecule has 0 saturated carbocycles. The molecule has 2 rings (SSSR count). The molecule has 2 heterocycles. The first kappa shape index (κ1) is 11.6. The van der Waals surface area contributed by atoms with Crippen molar-refractivity contribution in [1.82, 2.24) is 4.98 Å². The van der Waals surface area contributed by atoms with Gasteiger partial charge in [0.25, 0.3) is 0 Å². The number of rotatable bonds is 1. The molecule has 1 aliphatic rings. The first-order chi connectivity index (χ1) is 7.83. The molecule has 1 aromatic rings. The Morgan fingerprint density at radius 1 is 1.47 bits per heavy atom. The normalized spacial score (nSPS) is 16.8. The van der Waals surface area contributed by atoms with Gasteiger partial charge >= 0.3 is 6.09 Å². The molecular formula is C12H14N2O3. The van der Waals surface area contributed by atoms with Crippen LogP contribution in [-0.2, 0) is 5.41 Å². The molecule has 0 aromatic carbocycles. The van der Waals surface area contributed by atoms with Crippen molar-refractivity contribution in [3.8, 4) is 0 Å². The number of pyridine rings is 1. The van der Waals surface area contributed by atoms with Crippen LogP contribution in [0.5, 0.6) is 0 Å². The fraction of sp³-hybridized carbons (Fsp3) is 0.417. The molecule has 5 nitrogen and oxygen atoms in total. The van der Waals surface area contributed by atoms with Gasteiger partial charge in [0.2, 0.25) is 0 Å². The summed E-state index contributed by atoms with van der Waals surface area (Å²) in [7, 11) is 0. The van der Waals surface area contributed by atoms with Crippen LogP contribution in [0.25, 0.3) is 0 Å². The molecule has 5 heteroatoms. The third-order valence-electron chi connectivity index (χ3n) is 3.05. The van der Waals surface area contributed by atoms with Crippen molar-refractivity contribution in [2.24, 2.45) is 0 Å². The molecule has 1 amide bonds. The third-order valence-corrected chi connectivity index (χ3v) is 3.05. The van der Waals surface area contributed by atoms with E-state index in [0.717, 1.165) is 5.56 Å². The topological polar surface area (TPSA) is 70.5 Å². The average molecular weight is 234 g/mol. The van der Waals surface area contributed by atoms with Gasteiger partial charge in [0.05, 0.1) is 5.69 Å². The average Bonchev–Trinajstić information content (AvgIpc) is 2.50. The number of ketones is 1. The van der Waals surface area contributed by atoms with E-state index in [-0.39, 0.29) is 11.2 Å². The Morgan fingerprint density at radius 2 is 2.12 bits per heavy atom. The number of amides is 1. The van der Waals surface area contributed by atoms with E-state index in [1.54, 1.807) is 12.3 Å². The number of carbonyl (C=O) groups is 2. The van der Waals surface area contributed by atoms with Gasteiger partial charge in [-0.25, -0.2) is 4.79 Å². The Morgan fingerprint density at radius 3 is 2.65 bits per heavy atom. The first-order valence-electron chi connectivity index (χ1n) is 5.35. The molecule has 1 aliphatic heterocycles. The maximum atomic E-state index is 11.3. The van der Waals surface area contributed by atoms with Crippen LogP contribution in [0.3, 0.4) is 0 Å². The SMILES string of the molecule is CC(=O)c1cc2c(cn1)C(C)(C)CN2C(=O)O. The molecule has 1 aromatic heterocycles. The second-order valence-electron chi connectivity index (χ2n) is 4.90. The number of anilines is 1. The van der Waals surface area contributed by atoms with Crippen LogP contribution < -0.4 is 4.90 Å². The molecule has 0 aliphatic carbocycles. The molecule has 90 valence electrons. The molecule has 1 N–H and O–H groups in total. The number of nitrogens with zero attached hydrogens (tertiary/aromatic N) is 2. The van der Waals surface area contributed by atoms with E-state index in [9.17, 15) is 9.59 Å². The maximum absolute atomic E-state index is 11.3. The molecule has 0 atom stereocenters. The fourth-order valence-corrected chi connectivity index (χ4v) is 2.12. The van der Waals surface area contributed by atoms with Crippen molar-refractivity contribution < 1.29 is 14.7 Å². The lowest BCUT2D eigenvalue weighted by atomic mass is 9.88. The van der Waals surface area contributed by atoms with Gasteiger partial charge in [-0.15, -0.1) is 0 Å². The Bertz CT molecular complexity index is 508. The summed E-state index contributed by atoms with van der Waals surface area (Å²) >= 11 is 0. The van der Waals surface area contributed by atoms with Crippen molar-refractivity contribution in [3.05, 3.63) is 23.5 Å². The van der Waals surface area contributed by atoms with Crippen molar-refractivity contribution >= 4 is 17.6 Å². The van der Waals surface area contributed by atoms with E-state index in [1.165, 1.54) is 11.8 Å². The second-order valence-corrected chi connectivity index (χ2v) is 4.90. The van der Waals surface area contributed by atoms with E-state index in [1.807, 2.05) is 13.8 Å². The number of carbonyl (C=O) groups excluding carboxylic acids is 1. The molecule has 0 fully saturated rings. The summed E-state index contributed by atoms with van der Waals surface area (Å²) in [5.41, 5.74) is 1.47. The molecule has 0 radical (unpaired) electrons. The first-order valence-corrected chi connectivity index (χ1v) is 5.35. The molecule has 0 bridgehead atoms. The van der Waals surface area contributed by atoms with Gasteiger partial charge in [-0.3, -0.25) is 14.7 Å². The predicted octanol–water partition coefficient (Wildman–Crippen LogP) is 2.06. The van der Waals surface area contributed by atoms with Gasteiger partial charge in [-0.05, 0) is 6.07 Å². The molecule has 0 saturated heterocycles. The standard InChI is InChI=1S/C12H14N2O3/c1-7(15)9-4-10-8(5-13-9)12(2,3)6-14(10)11(16)17/h4-5H,6H2,1-3H3,(H,16,17). The molecule has 0 unspecified atom stereocenters. The Kier molecular flexibility index (Phi) is 2.41. The quantitative estimate of drug-likeness (QED) is 0.755. The van der Waals surface area contributed by atoms with E-state index in [0.29, 0.717) is 17.9 Å². The summed E-state index contributed by atoms with van der Waals surface area (Å²) in [5.74, 6) is -0.164. The molecular weight excluding hydrogens is 220 g/mol. The zero-order chi connectivity index (χ0) is 12.8. The number of Topliss-reactive ketones (excluding diaryl/α,β-unsaturated/α-hetero) is 1. The van der Waals surface area contributed by atoms with Crippen LogP contribution in [-0.4, -0.2) is 28.5 Å². The number of fused-ring (bicyclic) bond motifs is 1. The van der Waals surface area contributed by atoms with E-state index in [4.69, 9.17) is 5.11 Å². The summed E-state index contributed by atoms with van der Waals surface area (Å²) in [6.45, 7) is 5.73.